The predicted octanol–water partition coefficient (Wildman–Crippen LogP) is 3.77. The van der Waals surface area contributed by atoms with Crippen molar-refractivity contribution in [1.29, 1.82) is 0 Å². The zero-order chi connectivity index (χ0) is 13.9. The van der Waals surface area contributed by atoms with Crippen LogP contribution >= 0.6 is 15.9 Å². The fourth-order valence-corrected chi connectivity index (χ4v) is 2.76. The van der Waals surface area contributed by atoms with Crippen molar-refractivity contribution in [2.75, 3.05) is 0 Å². The van der Waals surface area contributed by atoms with Crippen LogP contribution in [0.15, 0.2) is 71.3 Å². The molecule has 3 aromatic rings. The van der Waals surface area contributed by atoms with Crippen molar-refractivity contribution in [1.82, 2.24) is 0 Å². The number of aromatic nitrogens is 1. The maximum absolute atomic E-state index is 12.3. The van der Waals surface area contributed by atoms with Gasteiger partial charge in [0.1, 0.15) is 0 Å². The second-order valence-corrected chi connectivity index (χ2v) is 5.45. The van der Waals surface area contributed by atoms with Crippen LogP contribution in [0.2, 0.25) is 0 Å². The number of ketones is 1. The molecule has 0 aliphatic heterocycles. The van der Waals surface area contributed by atoms with Crippen molar-refractivity contribution in [3.8, 4) is 0 Å². The Bertz CT molecular complexity index is 768. The van der Waals surface area contributed by atoms with Gasteiger partial charge in [-0.15, -0.1) is 0 Å². The summed E-state index contributed by atoms with van der Waals surface area (Å²) in [5.41, 5.74) is 1.79. The smallest absolute Gasteiger partial charge is 0.227 e. The third kappa shape index (κ3) is 2.49. The van der Waals surface area contributed by atoms with Crippen LogP contribution < -0.4 is 4.57 Å². The number of carbonyl (C=O) groups excluding carboxylic acids is 1. The molecule has 20 heavy (non-hydrogen) atoms. The first kappa shape index (κ1) is 13.0. The van der Waals surface area contributed by atoms with E-state index in [0.717, 1.165) is 20.9 Å². The highest BCUT2D eigenvalue weighted by molar-refractivity contribution is 9.10. The molecule has 0 atom stereocenters. The zero-order valence-corrected chi connectivity index (χ0v) is 12.4. The van der Waals surface area contributed by atoms with Gasteiger partial charge in [0.2, 0.25) is 17.8 Å². The first-order valence-electron chi connectivity index (χ1n) is 6.40. The molecule has 3 heteroatoms. The molecule has 0 unspecified atom stereocenters. The highest BCUT2D eigenvalue weighted by atomic mass is 79.9. The molecule has 1 heterocycles. The Morgan fingerprint density at radius 3 is 2.55 bits per heavy atom. The number of benzene rings is 2. The van der Waals surface area contributed by atoms with E-state index in [4.69, 9.17) is 0 Å². The number of rotatable bonds is 3. The lowest BCUT2D eigenvalue weighted by atomic mass is 10.1. The van der Waals surface area contributed by atoms with Gasteiger partial charge in [0, 0.05) is 22.2 Å². The van der Waals surface area contributed by atoms with Crippen LogP contribution in [-0.4, -0.2) is 5.78 Å². The summed E-state index contributed by atoms with van der Waals surface area (Å²) in [4.78, 5) is 12.3. The van der Waals surface area contributed by atoms with Gasteiger partial charge >= 0.3 is 0 Å². The highest BCUT2D eigenvalue weighted by Gasteiger charge is 2.15. The van der Waals surface area contributed by atoms with Gasteiger partial charge < -0.3 is 0 Å². The third-order valence-electron chi connectivity index (χ3n) is 3.28. The van der Waals surface area contributed by atoms with Gasteiger partial charge in [-0.25, -0.2) is 0 Å². The summed E-state index contributed by atoms with van der Waals surface area (Å²) >= 11 is 3.54. The fourth-order valence-electron chi connectivity index (χ4n) is 2.27. The number of hydrogen-bond donors (Lipinski definition) is 0. The molecule has 3 rings (SSSR count). The van der Waals surface area contributed by atoms with Crippen LogP contribution in [0, 0.1) is 0 Å². The van der Waals surface area contributed by atoms with Crippen LogP contribution in [-0.2, 0) is 6.54 Å². The Balaban J connectivity index is 2.00. The number of hydrogen-bond acceptors (Lipinski definition) is 1. The predicted molar refractivity (Wildman–Crippen MR) is 82.6 cm³/mol. The van der Waals surface area contributed by atoms with Crippen molar-refractivity contribution < 1.29 is 9.36 Å². The average Bonchev–Trinajstić information content (AvgIpc) is 2.49. The number of halogens is 1. The molecule has 0 saturated heterocycles. The number of Topliss-reactive ketones (excluding diaryl/α,β-unsaturated/α-hetero) is 1. The molecule has 0 amide bonds. The Morgan fingerprint density at radius 1 is 0.950 bits per heavy atom. The number of carbonyl (C=O) groups is 1. The number of nitrogens with zero attached hydrogens (tertiary/aromatic N) is 1. The minimum atomic E-state index is 0.114. The van der Waals surface area contributed by atoms with Gasteiger partial charge in [0.05, 0.1) is 5.39 Å². The Labute approximate surface area is 125 Å². The number of fused-ring (bicyclic) bond motifs is 1. The van der Waals surface area contributed by atoms with Crippen molar-refractivity contribution in [2.45, 2.75) is 6.54 Å². The molecule has 0 aliphatic carbocycles. The molecule has 0 bridgehead atoms. The molecule has 1 aromatic heterocycles. The first-order valence-corrected chi connectivity index (χ1v) is 7.20. The quantitative estimate of drug-likeness (QED) is 0.530. The SMILES string of the molecule is O=C(C[n+]1cccc2c(Br)cccc21)c1ccccc1. The van der Waals surface area contributed by atoms with E-state index in [0.29, 0.717) is 6.54 Å². The Kier molecular flexibility index (Phi) is 3.61. The Hall–Kier alpha value is -2.00. The van der Waals surface area contributed by atoms with Gasteiger partial charge in [0.25, 0.3) is 0 Å². The maximum atomic E-state index is 12.3. The first-order chi connectivity index (χ1) is 9.75. The van der Waals surface area contributed by atoms with Crippen LogP contribution in [0.3, 0.4) is 0 Å². The summed E-state index contributed by atoms with van der Waals surface area (Å²) in [5, 5.41) is 1.11. The molecular formula is C17H13BrNO+. The molecule has 0 N–H and O–H groups in total. The minimum Gasteiger partial charge on any atom is -0.287 e. The third-order valence-corrected chi connectivity index (χ3v) is 3.97. The van der Waals surface area contributed by atoms with Gasteiger partial charge in [-0.3, -0.25) is 4.79 Å². The molecule has 0 fully saturated rings. The van der Waals surface area contributed by atoms with E-state index < -0.39 is 0 Å². The van der Waals surface area contributed by atoms with E-state index in [1.807, 2.05) is 71.4 Å². The maximum Gasteiger partial charge on any atom is 0.227 e. The fraction of sp³-hybridized carbons (Fsp3) is 0.0588. The largest absolute Gasteiger partial charge is 0.287 e. The summed E-state index contributed by atoms with van der Waals surface area (Å²) in [7, 11) is 0. The molecular weight excluding hydrogens is 314 g/mol. The van der Waals surface area contributed by atoms with Gasteiger partial charge in [-0.1, -0.05) is 36.4 Å². The summed E-state index contributed by atoms with van der Waals surface area (Å²) in [6.07, 6.45) is 1.94. The summed E-state index contributed by atoms with van der Waals surface area (Å²) in [5.74, 6) is 0.114. The van der Waals surface area contributed by atoms with Crippen molar-refractivity contribution >= 4 is 32.6 Å². The van der Waals surface area contributed by atoms with Crippen molar-refractivity contribution in [3.05, 3.63) is 76.9 Å². The van der Waals surface area contributed by atoms with Crippen molar-refractivity contribution in [3.63, 3.8) is 0 Å². The number of pyridine rings is 1. The molecule has 0 saturated carbocycles. The topological polar surface area (TPSA) is 20.9 Å². The molecule has 0 radical (unpaired) electrons. The van der Waals surface area contributed by atoms with Gasteiger partial charge in [0.15, 0.2) is 6.20 Å². The summed E-state index contributed by atoms with van der Waals surface area (Å²) < 4.78 is 3.02. The lowest BCUT2D eigenvalue weighted by molar-refractivity contribution is -0.657. The summed E-state index contributed by atoms with van der Waals surface area (Å²) in [6, 6.07) is 19.4. The normalized spacial score (nSPS) is 10.7. The Morgan fingerprint density at radius 2 is 1.75 bits per heavy atom. The lowest BCUT2D eigenvalue weighted by Gasteiger charge is -2.02. The average molecular weight is 327 g/mol. The van der Waals surface area contributed by atoms with Crippen LogP contribution in [0.1, 0.15) is 10.4 Å². The lowest BCUT2D eigenvalue weighted by Crippen LogP contribution is -2.38. The van der Waals surface area contributed by atoms with E-state index in [9.17, 15) is 4.79 Å². The molecule has 2 aromatic carbocycles. The van der Waals surface area contributed by atoms with E-state index in [1.54, 1.807) is 0 Å². The van der Waals surface area contributed by atoms with E-state index in [1.165, 1.54) is 0 Å². The molecule has 98 valence electrons. The molecule has 0 spiro atoms. The van der Waals surface area contributed by atoms with Gasteiger partial charge in [-0.2, -0.15) is 4.57 Å². The van der Waals surface area contributed by atoms with E-state index in [-0.39, 0.29) is 5.78 Å². The van der Waals surface area contributed by atoms with Crippen LogP contribution in [0.4, 0.5) is 0 Å². The second-order valence-electron chi connectivity index (χ2n) is 4.60. The van der Waals surface area contributed by atoms with Crippen LogP contribution in [0.25, 0.3) is 10.9 Å². The van der Waals surface area contributed by atoms with Crippen molar-refractivity contribution in [2.24, 2.45) is 0 Å². The van der Waals surface area contributed by atoms with E-state index in [2.05, 4.69) is 15.9 Å². The monoisotopic (exact) mass is 326 g/mol. The standard InChI is InChI=1S/C17H13BrNO/c18-15-9-4-10-16-14(15)8-5-11-19(16)12-17(20)13-6-2-1-3-7-13/h1-11H,12H2/q+1. The second kappa shape index (κ2) is 5.55. The minimum absolute atomic E-state index is 0.114. The zero-order valence-electron chi connectivity index (χ0n) is 10.8. The summed E-state index contributed by atoms with van der Waals surface area (Å²) in [6.45, 7) is 0.345. The highest BCUT2D eigenvalue weighted by Crippen LogP contribution is 2.20. The molecule has 2 nitrogen and oxygen atoms in total. The van der Waals surface area contributed by atoms with E-state index >= 15 is 0 Å². The van der Waals surface area contributed by atoms with Gasteiger partial charge in [-0.05, 0) is 28.1 Å². The molecule has 0 aliphatic rings. The van der Waals surface area contributed by atoms with Crippen LogP contribution in [0.5, 0.6) is 0 Å².